The maximum Gasteiger partial charge on any atom is 0.0749 e. The van der Waals surface area contributed by atoms with Crippen LogP contribution >= 0.6 is 11.3 Å². The zero-order chi connectivity index (χ0) is 14.7. The molecule has 114 valence electrons. The predicted octanol–water partition coefficient (Wildman–Crippen LogP) is 3.05. The van der Waals surface area contributed by atoms with Crippen molar-refractivity contribution in [1.29, 1.82) is 0 Å². The Hall–Kier alpha value is -1.17. The van der Waals surface area contributed by atoms with Crippen LogP contribution in [0.15, 0.2) is 24.4 Å². The Morgan fingerprint density at radius 3 is 2.95 bits per heavy atom. The molecule has 0 radical (unpaired) electrons. The second kappa shape index (κ2) is 6.73. The highest BCUT2D eigenvalue weighted by Gasteiger charge is 2.18. The lowest BCUT2D eigenvalue weighted by atomic mass is 10.1. The fourth-order valence-electron chi connectivity index (χ4n) is 3.03. The van der Waals surface area contributed by atoms with Crippen molar-refractivity contribution in [1.82, 2.24) is 20.0 Å². The van der Waals surface area contributed by atoms with Gasteiger partial charge in [0.1, 0.15) is 0 Å². The first-order valence-corrected chi connectivity index (χ1v) is 8.51. The average Bonchev–Trinajstić information content (AvgIpc) is 3.07. The first-order valence-electron chi connectivity index (χ1n) is 7.69. The molecule has 1 aliphatic heterocycles. The van der Waals surface area contributed by atoms with Crippen LogP contribution in [0.4, 0.5) is 0 Å². The van der Waals surface area contributed by atoms with E-state index >= 15 is 0 Å². The van der Waals surface area contributed by atoms with Gasteiger partial charge < -0.3 is 4.90 Å². The van der Waals surface area contributed by atoms with Crippen LogP contribution in [0.3, 0.4) is 0 Å². The normalized spacial score (nSPS) is 20.8. The quantitative estimate of drug-likeness (QED) is 0.943. The molecule has 21 heavy (non-hydrogen) atoms. The Morgan fingerprint density at radius 1 is 1.29 bits per heavy atom. The van der Waals surface area contributed by atoms with Gasteiger partial charge in [-0.15, -0.1) is 11.3 Å². The van der Waals surface area contributed by atoms with Gasteiger partial charge in [0.25, 0.3) is 0 Å². The van der Waals surface area contributed by atoms with Crippen molar-refractivity contribution < 1.29 is 0 Å². The zero-order valence-corrected chi connectivity index (χ0v) is 13.7. The largest absolute Gasteiger partial charge is 0.306 e. The fraction of sp³-hybridized carbons (Fsp3) is 0.562. The van der Waals surface area contributed by atoms with E-state index in [0.717, 1.165) is 18.3 Å². The zero-order valence-electron chi connectivity index (χ0n) is 12.9. The summed E-state index contributed by atoms with van der Waals surface area (Å²) in [6, 6.07) is 7.24. The Bertz CT molecular complexity index is 546. The van der Waals surface area contributed by atoms with E-state index in [1.165, 1.54) is 42.1 Å². The number of nitrogens with zero attached hydrogens (tertiary/aromatic N) is 3. The first-order chi connectivity index (χ1) is 10.2. The van der Waals surface area contributed by atoms with Crippen LogP contribution in [0.2, 0.25) is 0 Å². The molecule has 1 fully saturated rings. The van der Waals surface area contributed by atoms with Gasteiger partial charge in [-0.05, 0) is 58.1 Å². The van der Waals surface area contributed by atoms with Crippen molar-refractivity contribution in [2.45, 2.75) is 31.8 Å². The molecule has 0 spiro atoms. The molecule has 0 aromatic carbocycles. The summed E-state index contributed by atoms with van der Waals surface area (Å²) in [6.45, 7) is 3.51. The van der Waals surface area contributed by atoms with Gasteiger partial charge >= 0.3 is 0 Å². The van der Waals surface area contributed by atoms with E-state index < -0.39 is 0 Å². The Kier molecular flexibility index (Phi) is 4.73. The molecular formula is C16H24N4S. The van der Waals surface area contributed by atoms with Crippen molar-refractivity contribution in [2.75, 3.05) is 27.2 Å². The second-order valence-corrected chi connectivity index (χ2v) is 7.23. The third-order valence-corrected chi connectivity index (χ3v) is 5.43. The molecule has 1 N–H and O–H groups in total. The monoisotopic (exact) mass is 304 g/mol. The highest BCUT2D eigenvalue weighted by Crippen LogP contribution is 2.27. The molecule has 3 heterocycles. The summed E-state index contributed by atoms with van der Waals surface area (Å²) in [6.07, 6.45) is 5.73. The first kappa shape index (κ1) is 14.8. The van der Waals surface area contributed by atoms with Crippen LogP contribution < -0.4 is 0 Å². The lowest BCUT2D eigenvalue weighted by molar-refractivity contribution is 0.246. The minimum atomic E-state index is 0.749. The van der Waals surface area contributed by atoms with E-state index in [2.05, 4.69) is 46.2 Å². The lowest BCUT2D eigenvalue weighted by Crippen LogP contribution is -2.29. The molecular weight excluding hydrogens is 280 g/mol. The summed E-state index contributed by atoms with van der Waals surface area (Å²) in [5, 5.41) is 7.07. The van der Waals surface area contributed by atoms with Gasteiger partial charge in [0, 0.05) is 30.2 Å². The smallest absolute Gasteiger partial charge is 0.0749 e. The van der Waals surface area contributed by atoms with E-state index in [1.807, 2.05) is 23.6 Å². The van der Waals surface area contributed by atoms with E-state index in [9.17, 15) is 0 Å². The molecule has 0 amide bonds. The molecule has 0 unspecified atom stereocenters. The topological polar surface area (TPSA) is 35.2 Å². The third kappa shape index (κ3) is 3.73. The van der Waals surface area contributed by atoms with Crippen LogP contribution in [-0.4, -0.2) is 53.2 Å². The summed E-state index contributed by atoms with van der Waals surface area (Å²) in [5.41, 5.74) is 1.12. The van der Waals surface area contributed by atoms with Crippen LogP contribution in [0.5, 0.6) is 0 Å². The second-order valence-electron chi connectivity index (χ2n) is 6.06. The molecule has 5 heteroatoms. The molecule has 2 aromatic heterocycles. The van der Waals surface area contributed by atoms with Gasteiger partial charge in [0.2, 0.25) is 0 Å². The Balaban J connectivity index is 1.59. The van der Waals surface area contributed by atoms with Gasteiger partial charge in [-0.3, -0.25) is 10.00 Å². The molecule has 1 atom stereocenters. The number of hydrogen-bond donors (Lipinski definition) is 1. The van der Waals surface area contributed by atoms with E-state index in [-0.39, 0.29) is 0 Å². The SMILES string of the molecule is CN(C)[C@@H]1CCCN(Cc2ccc(-c3ccn[nH]3)s2)CC1. The number of hydrogen-bond acceptors (Lipinski definition) is 4. The molecule has 4 nitrogen and oxygen atoms in total. The number of aromatic amines is 1. The summed E-state index contributed by atoms with van der Waals surface area (Å²) < 4.78 is 0. The molecule has 0 bridgehead atoms. The van der Waals surface area contributed by atoms with Crippen molar-refractivity contribution in [2.24, 2.45) is 0 Å². The molecule has 1 saturated heterocycles. The lowest BCUT2D eigenvalue weighted by Gasteiger charge is -2.23. The van der Waals surface area contributed by atoms with Crippen molar-refractivity contribution in [3.63, 3.8) is 0 Å². The standard InChI is InChI=1S/C16H24N4S/c1-19(2)13-4-3-10-20(11-8-13)12-14-5-6-16(21-14)15-7-9-17-18-15/h5-7,9,13H,3-4,8,10-12H2,1-2H3,(H,17,18)/t13-/m1/s1. The number of aromatic nitrogens is 2. The Morgan fingerprint density at radius 2 is 2.19 bits per heavy atom. The number of H-pyrrole nitrogens is 1. The number of thiophene rings is 1. The molecule has 3 rings (SSSR count). The van der Waals surface area contributed by atoms with Crippen molar-refractivity contribution >= 4 is 11.3 Å². The van der Waals surface area contributed by atoms with E-state index in [1.54, 1.807) is 0 Å². The van der Waals surface area contributed by atoms with Crippen LogP contribution in [0.25, 0.3) is 10.6 Å². The Labute approximate surface area is 130 Å². The molecule has 1 aliphatic rings. The number of rotatable bonds is 4. The minimum absolute atomic E-state index is 0.749. The predicted molar refractivity (Wildman–Crippen MR) is 88.5 cm³/mol. The van der Waals surface area contributed by atoms with Crippen LogP contribution in [0.1, 0.15) is 24.1 Å². The minimum Gasteiger partial charge on any atom is -0.306 e. The average molecular weight is 304 g/mol. The third-order valence-electron chi connectivity index (χ3n) is 4.33. The van der Waals surface area contributed by atoms with Gasteiger partial charge in [-0.25, -0.2) is 0 Å². The molecule has 0 saturated carbocycles. The van der Waals surface area contributed by atoms with Gasteiger partial charge in [-0.2, -0.15) is 5.10 Å². The fourth-order valence-corrected chi connectivity index (χ4v) is 4.06. The summed E-state index contributed by atoms with van der Waals surface area (Å²) in [7, 11) is 4.41. The van der Waals surface area contributed by atoms with Gasteiger partial charge in [-0.1, -0.05) is 0 Å². The van der Waals surface area contributed by atoms with Crippen LogP contribution in [-0.2, 0) is 6.54 Å². The van der Waals surface area contributed by atoms with Gasteiger partial charge in [0.15, 0.2) is 0 Å². The maximum absolute atomic E-state index is 4.03. The summed E-state index contributed by atoms with van der Waals surface area (Å²) in [4.78, 5) is 7.71. The summed E-state index contributed by atoms with van der Waals surface area (Å²) in [5.74, 6) is 0. The molecule has 2 aromatic rings. The maximum atomic E-state index is 4.03. The number of nitrogens with one attached hydrogen (secondary N) is 1. The van der Waals surface area contributed by atoms with Crippen molar-refractivity contribution in [3.05, 3.63) is 29.3 Å². The molecule has 0 aliphatic carbocycles. The van der Waals surface area contributed by atoms with E-state index in [4.69, 9.17) is 0 Å². The van der Waals surface area contributed by atoms with E-state index in [0.29, 0.717) is 0 Å². The highest BCUT2D eigenvalue weighted by atomic mass is 32.1. The van der Waals surface area contributed by atoms with Crippen LogP contribution in [0, 0.1) is 0 Å². The van der Waals surface area contributed by atoms with Gasteiger partial charge in [0.05, 0.1) is 10.6 Å². The van der Waals surface area contributed by atoms with Crippen molar-refractivity contribution in [3.8, 4) is 10.6 Å². The summed E-state index contributed by atoms with van der Waals surface area (Å²) >= 11 is 1.87. The highest BCUT2D eigenvalue weighted by molar-refractivity contribution is 7.15. The number of likely N-dealkylation sites (tertiary alicyclic amines) is 1.